The molecule has 2 rings (SSSR count). The Balaban J connectivity index is 0.00000364. The highest BCUT2D eigenvalue weighted by Gasteiger charge is 2.27. The molecule has 0 bridgehead atoms. The van der Waals surface area contributed by atoms with E-state index in [0.29, 0.717) is 18.7 Å². The van der Waals surface area contributed by atoms with Crippen LogP contribution in [0, 0.1) is 0 Å². The number of sulfonamides is 1. The average molecular weight is 420 g/mol. The van der Waals surface area contributed by atoms with Crippen molar-refractivity contribution in [1.82, 2.24) is 10.0 Å². The SMILES string of the molecule is CCC(CC)(CN)NC(=O)c1ccc(S(=O)(=O)NCC2CCCO2)cc1.Cl. The number of hydrogen-bond donors (Lipinski definition) is 3. The fourth-order valence-corrected chi connectivity index (χ4v) is 4.02. The molecule has 1 unspecified atom stereocenters. The van der Waals surface area contributed by atoms with E-state index in [1.807, 2.05) is 13.8 Å². The van der Waals surface area contributed by atoms with E-state index in [2.05, 4.69) is 10.0 Å². The van der Waals surface area contributed by atoms with Gasteiger partial charge >= 0.3 is 0 Å². The summed E-state index contributed by atoms with van der Waals surface area (Å²) in [4.78, 5) is 12.6. The van der Waals surface area contributed by atoms with Crippen molar-refractivity contribution < 1.29 is 17.9 Å². The van der Waals surface area contributed by atoms with E-state index in [1.165, 1.54) is 24.3 Å². The molecule has 1 aliphatic heterocycles. The van der Waals surface area contributed by atoms with E-state index < -0.39 is 15.6 Å². The lowest BCUT2D eigenvalue weighted by Gasteiger charge is -2.31. The molecule has 1 amide bonds. The van der Waals surface area contributed by atoms with Crippen LogP contribution in [0.3, 0.4) is 0 Å². The zero-order valence-electron chi connectivity index (χ0n) is 15.9. The number of carbonyl (C=O) groups is 1. The summed E-state index contributed by atoms with van der Waals surface area (Å²) in [5, 5.41) is 2.97. The Bertz CT molecular complexity index is 692. The number of rotatable bonds is 9. The zero-order valence-corrected chi connectivity index (χ0v) is 17.5. The molecule has 9 heteroatoms. The van der Waals surface area contributed by atoms with Crippen molar-refractivity contribution in [3.8, 4) is 0 Å². The van der Waals surface area contributed by atoms with Crippen LogP contribution in [0.15, 0.2) is 29.2 Å². The number of nitrogens with two attached hydrogens (primary N) is 1. The maximum atomic E-state index is 12.4. The molecule has 0 aliphatic carbocycles. The van der Waals surface area contributed by atoms with Crippen molar-refractivity contribution in [2.75, 3.05) is 19.7 Å². The Morgan fingerprint density at radius 3 is 2.37 bits per heavy atom. The van der Waals surface area contributed by atoms with Crippen LogP contribution in [0.5, 0.6) is 0 Å². The molecular formula is C18H30ClN3O4S. The monoisotopic (exact) mass is 419 g/mol. The van der Waals surface area contributed by atoms with Crippen LogP contribution in [0.2, 0.25) is 0 Å². The number of benzene rings is 1. The van der Waals surface area contributed by atoms with Crippen LogP contribution in [-0.2, 0) is 14.8 Å². The van der Waals surface area contributed by atoms with E-state index in [0.717, 1.165) is 25.7 Å². The van der Waals surface area contributed by atoms with Crippen LogP contribution >= 0.6 is 12.4 Å². The summed E-state index contributed by atoms with van der Waals surface area (Å²) < 4.78 is 32.7. The Kier molecular flexibility index (Phi) is 9.17. The summed E-state index contributed by atoms with van der Waals surface area (Å²) in [5.41, 5.74) is 5.77. The summed E-state index contributed by atoms with van der Waals surface area (Å²) in [5.74, 6) is -0.254. The third-order valence-electron chi connectivity index (χ3n) is 5.07. The van der Waals surface area contributed by atoms with Crippen molar-refractivity contribution in [2.24, 2.45) is 5.73 Å². The molecule has 154 valence electrons. The number of nitrogens with one attached hydrogen (secondary N) is 2. The van der Waals surface area contributed by atoms with Gasteiger partial charge < -0.3 is 15.8 Å². The first-order valence-corrected chi connectivity index (χ1v) is 10.6. The summed E-state index contributed by atoms with van der Waals surface area (Å²) in [6.07, 6.45) is 3.20. The van der Waals surface area contributed by atoms with Gasteiger partial charge in [0, 0.05) is 25.3 Å². The minimum Gasteiger partial charge on any atom is -0.377 e. The van der Waals surface area contributed by atoms with Crippen molar-refractivity contribution in [3.63, 3.8) is 0 Å². The van der Waals surface area contributed by atoms with Crippen molar-refractivity contribution in [2.45, 2.75) is 56.1 Å². The predicted octanol–water partition coefficient (Wildman–Crippen LogP) is 1.81. The highest BCUT2D eigenvalue weighted by Crippen LogP contribution is 2.17. The number of carbonyl (C=O) groups excluding carboxylic acids is 1. The molecular weight excluding hydrogens is 390 g/mol. The van der Waals surface area contributed by atoms with Crippen molar-refractivity contribution >= 4 is 28.3 Å². The lowest BCUT2D eigenvalue weighted by atomic mass is 9.92. The normalized spacial score (nSPS) is 17.4. The molecule has 1 aromatic rings. The summed E-state index contributed by atoms with van der Waals surface area (Å²) >= 11 is 0. The van der Waals surface area contributed by atoms with E-state index in [-0.39, 0.29) is 35.9 Å². The fourth-order valence-electron chi connectivity index (χ4n) is 2.96. The van der Waals surface area contributed by atoms with Crippen LogP contribution in [0.4, 0.5) is 0 Å². The third kappa shape index (κ3) is 6.15. The molecule has 0 spiro atoms. The highest BCUT2D eigenvalue weighted by molar-refractivity contribution is 7.89. The topological polar surface area (TPSA) is 111 Å². The molecule has 1 atom stereocenters. The van der Waals surface area contributed by atoms with Gasteiger partial charge in [0.15, 0.2) is 0 Å². The second-order valence-electron chi connectivity index (χ2n) is 6.66. The lowest BCUT2D eigenvalue weighted by Crippen LogP contribution is -2.52. The molecule has 0 saturated carbocycles. The lowest BCUT2D eigenvalue weighted by molar-refractivity contribution is 0.0895. The first-order chi connectivity index (χ1) is 12.4. The molecule has 1 fully saturated rings. The summed E-state index contributed by atoms with van der Waals surface area (Å²) in [6, 6.07) is 5.91. The molecule has 1 saturated heterocycles. The first kappa shape index (κ1) is 23.8. The van der Waals surface area contributed by atoms with Crippen molar-refractivity contribution in [3.05, 3.63) is 29.8 Å². The Morgan fingerprint density at radius 2 is 1.89 bits per heavy atom. The summed E-state index contributed by atoms with van der Waals surface area (Å²) in [7, 11) is -3.62. The smallest absolute Gasteiger partial charge is 0.251 e. The molecule has 27 heavy (non-hydrogen) atoms. The third-order valence-corrected chi connectivity index (χ3v) is 6.51. The first-order valence-electron chi connectivity index (χ1n) is 9.09. The van der Waals surface area contributed by atoms with Gasteiger partial charge in [-0.2, -0.15) is 0 Å². The predicted molar refractivity (Wildman–Crippen MR) is 108 cm³/mol. The Labute approximate surface area is 167 Å². The Morgan fingerprint density at radius 1 is 1.26 bits per heavy atom. The van der Waals surface area contributed by atoms with E-state index in [9.17, 15) is 13.2 Å². The number of amides is 1. The molecule has 0 aromatic heterocycles. The molecule has 1 heterocycles. The second-order valence-corrected chi connectivity index (χ2v) is 8.42. The molecule has 7 nitrogen and oxygen atoms in total. The number of ether oxygens (including phenoxy) is 1. The standard InChI is InChI=1S/C18H29N3O4S.ClH/c1-3-18(4-2,13-19)21-17(22)14-7-9-16(10-8-14)26(23,24)20-12-15-6-5-11-25-15;/h7-10,15,20H,3-6,11-13,19H2,1-2H3,(H,21,22);1H. The number of halogens is 1. The van der Waals surface area contributed by atoms with Crippen LogP contribution in [0.1, 0.15) is 49.9 Å². The minimum absolute atomic E-state index is 0. The van der Waals surface area contributed by atoms with Crippen LogP contribution in [-0.4, -0.2) is 45.7 Å². The van der Waals surface area contributed by atoms with Gasteiger partial charge in [0.2, 0.25) is 10.0 Å². The fraction of sp³-hybridized carbons (Fsp3) is 0.611. The van der Waals surface area contributed by atoms with Crippen LogP contribution in [0.25, 0.3) is 0 Å². The molecule has 1 aliphatic rings. The van der Waals surface area contributed by atoms with Crippen LogP contribution < -0.4 is 15.8 Å². The molecule has 0 radical (unpaired) electrons. The maximum absolute atomic E-state index is 12.4. The van der Waals surface area contributed by atoms with Gasteiger partial charge in [0.1, 0.15) is 0 Å². The van der Waals surface area contributed by atoms with Crippen molar-refractivity contribution in [1.29, 1.82) is 0 Å². The van der Waals surface area contributed by atoms with E-state index >= 15 is 0 Å². The largest absolute Gasteiger partial charge is 0.377 e. The quantitative estimate of drug-likeness (QED) is 0.565. The average Bonchev–Trinajstić information content (AvgIpc) is 3.18. The van der Waals surface area contributed by atoms with Gasteiger partial charge in [0.25, 0.3) is 5.91 Å². The Hall–Kier alpha value is -1.19. The minimum atomic E-state index is -3.62. The van der Waals surface area contributed by atoms with E-state index in [4.69, 9.17) is 10.5 Å². The highest BCUT2D eigenvalue weighted by atomic mass is 35.5. The number of hydrogen-bond acceptors (Lipinski definition) is 5. The van der Waals surface area contributed by atoms with Gasteiger partial charge in [-0.3, -0.25) is 4.79 Å². The van der Waals surface area contributed by atoms with Gasteiger partial charge in [-0.05, 0) is 49.9 Å². The zero-order chi connectivity index (χ0) is 19.2. The van der Waals surface area contributed by atoms with Gasteiger partial charge in [-0.1, -0.05) is 13.8 Å². The maximum Gasteiger partial charge on any atom is 0.251 e. The van der Waals surface area contributed by atoms with E-state index in [1.54, 1.807) is 0 Å². The second kappa shape index (κ2) is 10.4. The van der Waals surface area contributed by atoms with Gasteiger partial charge in [-0.15, -0.1) is 12.4 Å². The summed E-state index contributed by atoms with van der Waals surface area (Å²) in [6.45, 7) is 5.25. The van der Waals surface area contributed by atoms with Gasteiger partial charge in [-0.25, -0.2) is 13.1 Å². The molecule has 1 aromatic carbocycles. The van der Waals surface area contributed by atoms with Gasteiger partial charge in [0.05, 0.1) is 16.5 Å². The molecule has 4 N–H and O–H groups in total.